The minimum absolute atomic E-state index is 0.0132. The van der Waals surface area contributed by atoms with Gasteiger partial charge in [0, 0.05) is 23.7 Å². The summed E-state index contributed by atoms with van der Waals surface area (Å²) in [6.07, 6.45) is 5.16. The number of rotatable bonds is 10. The number of carbonyl (C=O) groups excluding carboxylic acids is 2. The number of nitrogens with one attached hydrogen (secondary N) is 1. The highest BCUT2D eigenvalue weighted by Crippen LogP contribution is 2.32. The Hall–Kier alpha value is -4.33. The molecule has 0 radical (unpaired) electrons. The molecule has 4 aromatic rings. The zero-order valence-corrected chi connectivity index (χ0v) is 20.1. The van der Waals surface area contributed by atoms with Gasteiger partial charge in [-0.1, -0.05) is 36.4 Å². The monoisotopic (exact) mass is 484 g/mol. The van der Waals surface area contributed by atoms with Crippen molar-refractivity contribution in [3.63, 3.8) is 0 Å². The number of imidazole rings is 1. The summed E-state index contributed by atoms with van der Waals surface area (Å²) >= 11 is 0. The summed E-state index contributed by atoms with van der Waals surface area (Å²) in [6, 6.07) is 20.9. The third-order valence-electron chi connectivity index (χ3n) is 5.93. The van der Waals surface area contributed by atoms with Crippen LogP contribution in [0.4, 0.5) is 5.95 Å². The summed E-state index contributed by atoms with van der Waals surface area (Å²) in [7, 11) is 0. The first-order valence-electron chi connectivity index (χ1n) is 12.1. The molecule has 2 heterocycles. The topological polar surface area (TPSA) is 89.6 Å². The number of benzene rings is 2. The van der Waals surface area contributed by atoms with Crippen LogP contribution >= 0.6 is 0 Å². The number of carbonyl (C=O) groups is 2. The summed E-state index contributed by atoms with van der Waals surface area (Å²) in [5, 5.41) is 2.92. The Morgan fingerprint density at radius 3 is 2.67 bits per heavy atom. The third kappa shape index (κ3) is 5.49. The van der Waals surface area contributed by atoms with Gasteiger partial charge in [-0.15, -0.1) is 0 Å². The molecule has 2 aromatic heterocycles. The molecular formula is C28H28N4O4. The van der Waals surface area contributed by atoms with Gasteiger partial charge in [0.1, 0.15) is 18.1 Å². The molecule has 8 heteroatoms. The molecule has 2 aromatic carbocycles. The van der Waals surface area contributed by atoms with Crippen molar-refractivity contribution in [2.45, 2.75) is 26.3 Å². The fraction of sp³-hybridized carbons (Fsp3) is 0.250. The van der Waals surface area contributed by atoms with Crippen molar-refractivity contribution in [3.8, 4) is 22.7 Å². The number of ether oxygens (including phenoxy) is 1. The second-order valence-corrected chi connectivity index (χ2v) is 8.71. The van der Waals surface area contributed by atoms with Crippen LogP contribution in [0.2, 0.25) is 0 Å². The van der Waals surface area contributed by atoms with E-state index in [9.17, 15) is 9.59 Å². The Morgan fingerprint density at radius 2 is 1.94 bits per heavy atom. The summed E-state index contributed by atoms with van der Waals surface area (Å²) in [6.45, 7) is 2.63. The summed E-state index contributed by atoms with van der Waals surface area (Å²) < 4.78 is 12.9. The average Bonchev–Trinajstić information content (AvgIpc) is 3.46. The maximum absolute atomic E-state index is 13.2. The quantitative estimate of drug-likeness (QED) is 0.346. The minimum Gasteiger partial charge on any atom is -0.494 e. The van der Waals surface area contributed by atoms with Gasteiger partial charge >= 0.3 is 0 Å². The van der Waals surface area contributed by atoms with Crippen LogP contribution in [0.25, 0.3) is 16.9 Å². The number of aromatic nitrogens is 2. The lowest BCUT2D eigenvalue weighted by Gasteiger charge is -2.21. The highest BCUT2D eigenvalue weighted by atomic mass is 16.5. The van der Waals surface area contributed by atoms with Crippen molar-refractivity contribution in [1.29, 1.82) is 0 Å². The van der Waals surface area contributed by atoms with Crippen LogP contribution in [0.1, 0.15) is 25.5 Å². The van der Waals surface area contributed by atoms with Crippen LogP contribution in [0.15, 0.2) is 83.6 Å². The second-order valence-electron chi connectivity index (χ2n) is 8.71. The van der Waals surface area contributed by atoms with Gasteiger partial charge in [-0.05, 0) is 44.0 Å². The third-order valence-corrected chi connectivity index (χ3v) is 5.93. The van der Waals surface area contributed by atoms with Crippen LogP contribution < -0.4 is 10.1 Å². The van der Waals surface area contributed by atoms with E-state index in [4.69, 9.17) is 14.1 Å². The van der Waals surface area contributed by atoms with E-state index in [1.165, 1.54) is 0 Å². The molecule has 1 N–H and O–H groups in total. The molecule has 184 valence electrons. The number of hydrogen-bond donors (Lipinski definition) is 1. The molecule has 1 saturated carbocycles. The van der Waals surface area contributed by atoms with Crippen molar-refractivity contribution in [2.75, 3.05) is 18.5 Å². The zero-order valence-electron chi connectivity index (χ0n) is 20.1. The van der Waals surface area contributed by atoms with Gasteiger partial charge in [0.2, 0.25) is 17.8 Å². The fourth-order valence-electron chi connectivity index (χ4n) is 4.03. The molecule has 5 rings (SSSR count). The predicted octanol–water partition coefficient (Wildman–Crippen LogP) is 4.91. The highest BCUT2D eigenvalue weighted by Gasteiger charge is 2.34. The van der Waals surface area contributed by atoms with Crippen LogP contribution in [0.3, 0.4) is 0 Å². The molecule has 0 aliphatic heterocycles. The smallest absolute Gasteiger partial charge is 0.246 e. The van der Waals surface area contributed by atoms with Crippen molar-refractivity contribution in [3.05, 3.63) is 85.0 Å². The van der Waals surface area contributed by atoms with Gasteiger partial charge < -0.3 is 14.1 Å². The van der Waals surface area contributed by atoms with Crippen LogP contribution in [-0.4, -0.2) is 39.4 Å². The first-order chi connectivity index (χ1) is 17.6. The van der Waals surface area contributed by atoms with Gasteiger partial charge in [-0.25, -0.2) is 4.98 Å². The highest BCUT2D eigenvalue weighted by molar-refractivity contribution is 5.94. The molecule has 8 nitrogen and oxygen atoms in total. The van der Waals surface area contributed by atoms with Crippen molar-refractivity contribution < 1.29 is 18.7 Å². The van der Waals surface area contributed by atoms with Gasteiger partial charge in [0.05, 0.1) is 30.8 Å². The summed E-state index contributed by atoms with van der Waals surface area (Å²) in [5.74, 6) is 1.35. The largest absolute Gasteiger partial charge is 0.494 e. The molecule has 0 unspecified atom stereocenters. The molecule has 2 amide bonds. The van der Waals surface area contributed by atoms with E-state index < -0.39 is 0 Å². The molecule has 0 atom stereocenters. The van der Waals surface area contributed by atoms with E-state index in [1.54, 1.807) is 23.3 Å². The van der Waals surface area contributed by atoms with E-state index in [0.717, 1.165) is 29.8 Å². The lowest BCUT2D eigenvalue weighted by Crippen LogP contribution is -2.38. The Morgan fingerprint density at radius 1 is 1.11 bits per heavy atom. The van der Waals surface area contributed by atoms with E-state index in [-0.39, 0.29) is 30.8 Å². The van der Waals surface area contributed by atoms with Crippen molar-refractivity contribution in [2.24, 2.45) is 5.92 Å². The molecule has 0 bridgehead atoms. The summed E-state index contributed by atoms with van der Waals surface area (Å²) in [5.41, 5.74) is 2.44. The van der Waals surface area contributed by atoms with E-state index >= 15 is 0 Å². The average molecular weight is 485 g/mol. The Balaban J connectivity index is 1.41. The predicted molar refractivity (Wildman–Crippen MR) is 136 cm³/mol. The van der Waals surface area contributed by atoms with Crippen LogP contribution in [-0.2, 0) is 16.1 Å². The number of furan rings is 1. The lowest BCUT2D eigenvalue weighted by molar-refractivity contribution is -0.136. The first-order valence-corrected chi connectivity index (χ1v) is 12.1. The maximum Gasteiger partial charge on any atom is 0.246 e. The molecule has 0 saturated heterocycles. The SMILES string of the molecule is CCOc1cccc(-n2cc(-c3ccccc3)nc2NC(=O)CN(Cc2ccco2)C(=O)C2CC2)c1. The number of hydrogen-bond acceptors (Lipinski definition) is 5. The normalized spacial score (nSPS) is 12.8. The zero-order chi connectivity index (χ0) is 24.9. The van der Waals surface area contributed by atoms with Crippen LogP contribution in [0.5, 0.6) is 5.75 Å². The number of nitrogens with zero attached hydrogens (tertiary/aromatic N) is 3. The number of anilines is 1. The molecular weight excluding hydrogens is 456 g/mol. The van der Waals surface area contributed by atoms with Crippen molar-refractivity contribution >= 4 is 17.8 Å². The fourth-order valence-corrected chi connectivity index (χ4v) is 4.03. The van der Waals surface area contributed by atoms with Gasteiger partial charge in [0.25, 0.3) is 0 Å². The molecule has 1 fully saturated rings. The minimum atomic E-state index is -0.331. The summed E-state index contributed by atoms with van der Waals surface area (Å²) in [4.78, 5) is 32.3. The van der Waals surface area contributed by atoms with Crippen molar-refractivity contribution in [1.82, 2.24) is 14.5 Å². The number of amides is 2. The van der Waals surface area contributed by atoms with Crippen LogP contribution in [0, 0.1) is 5.92 Å². The van der Waals surface area contributed by atoms with Gasteiger partial charge in [0.15, 0.2) is 0 Å². The van der Waals surface area contributed by atoms with E-state index in [1.807, 2.05) is 72.3 Å². The lowest BCUT2D eigenvalue weighted by atomic mass is 10.2. The molecule has 0 spiro atoms. The standard InChI is InChI=1S/C28H28N4O4/c1-2-35-23-11-6-10-22(16-23)32-18-25(20-8-4-3-5-9-20)29-28(32)30-26(33)19-31(27(34)21-13-14-21)17-24-12-7-15-36-24/h3-12,15-16,18,21H,2,13-14,17,19H2,1H3,(H,29,30,33). The second kappa shape index (κ2) is 10.5. The Bertz CT molecular complexity index is 1330. The van der Waals surface area contributed by atoms with E-state index in [2.05, 4.69) is 5.32 Å². The maximum atomic E-state index is 13.2. The Labute approximate surface area is 209 Å². The molecule has 1 aliphatic carbocycles. The van der Waals surface area contributed by atoms with Gasteiger partial charge in [-0.3, -0.25) is 19.5 Å². The van der Waals surface area contributed by atoms with Gasteiger partial charge in [-0.2, -0.15) is 0 Å². The molecule has 1 aliphatic rings. The molecule has 36 heavy (non-hydrogen) atoms. The van der Waals surface area contributed by atoms with E-state index in [0.29, 0.717) is 24.0 Å². The first kappa shape index (κ1) is 23.4. The Kier molecular flexibility index (Phi) is 6.84.